The lowest BCUT2D eigenvalue weighted by Crippen LogP contribution is -2.24. The van der Waals surface area contributed by atoms with E-state index in [2.05, 4.69) is 15.5 Å². The van der Waals surface area contributed by atoms with Gasteiger partial charge >= 0.3 is 0 Å². The molecule has 1 unspecified atom stereocenters. The Balaban J connectivity index is 1.79. The van der Waals surface area contributed by atoms with Crippen LogP contribution in [0, 0.1) is 5.92 Å². The van der Waals surface area contributed by atoms with Crippen molar-refractivity contribution < 1.29 is 4.74 Å². The van der Waals surface area contributed by atoms with E-state index in [4.69, 9.17) is 10.5 Å². The first-order valence-corrected chi connectivity index (χ1v) is 4.96. The summed E-state index contributed by atoms with van der Waals surface area (Å²) < 4.78 is 5.39. The highest BCUT2D eigenvalue weighted by Gasteiger charge is 2.13. The molecule has 1 aliphatic rings. The van der Waals surface area contributed by atoms with E-state index in [1.54, 1.807) is 6.20 Å². The van der Waals surface area contributed by atoms with E-state index in [0.29, 0.717) is 11.7 Å². The molecule has 5 nitrogen and oxygen atoms in total. The smallest absolute Gasteiger partial charge is 0.142 e. The summed E-state index contributed by atoms with van der Waals surface area (Å²) in [5.41, 5.74) is 6.53. The topological polar surface area (TPSA) is 76.0 Å². The van der Waals surface area contributed by atoms with Crippen LogP contribution in [0.2, 0.25) is 0 Å². The van der Waals surface area contributed by atoms with Gasteiger partial charge < -0.3 is 15.8 Å². The molecule has 4 N–H and O–H groups in total. The van der Waals surface area contributed by atoms with Gasteiger partial charge in [-0.1, -0.05) is 0 Å². The number of aromatic amines is 1. The zero-order chi connectivity index (χ0) is 9.80. The lowest BCUT2D eigenvalue weighted by molar-refractivity contribution is 0.0595. The van der Waals surface area contributed by atoms with Gasteiger partial charge in [-0.05, 0) is 18.8 Å². The molecule has 0 saturated carbocycles. The number of anilines is 2. The normalized spacial score (nSPS) is 22.1. The Morgan fingerprint density at radius 2 is 2.64 bits per heavy atom. The lowest BCUT2D eigenvalue weighted by Gasteiger charge is -2.22. The van der Waals surface area contributed by atoms with Crippen molar-refractivity contribution in [2.24, 2.45) is 5.92 Å². The van der Waals surface area contributed by atoms with Crippen LogP contribution in [0.5, 0.6) is 0 Å². The average Bonchev–Trinajstić information content (AvgIpc) is 2.63. The van der Waals surface area contributed by atoms with E-state index in [9.17, 15) is 0 Å². The molecule has 0 aromatic carbocycles. The van der Waals surface area contributed by atoms with Gasteiger partial charge in [-0.2, -0.15) is 5.10 Å². The number of nitrogens with zero attached hydrogens (tertiary/aromatic N) is 1. The third-order valence-electron chi connectivity index (χ3n) is 2.50. The number of hydrogen-bond acceptors (Lipinski definition) is 4. The number of hydrogen-bond donors (Lipinski definition) is 3. The average molecular weight is 196 g/mol. The molecule has 0 amide bonds. The first kappa shape index (κ1) is 9.33. The van der Waals surface area contributed by atoms with Gasteiger partial charge in [-0.3, -0.25) is 5.10 Å². The molecule has 2 rings (SSSR count). The van der Waals surface area contributed by atoms with E-state index in [1.807, 2.05) is 0 Å². The number of ether oxygens (including phenoxy) is 1. The second-order valence-corrected chi connectivity index (χ2v) is 3.66. The third-order valence-corrected chi connectivity index (χ3v) is 2.50. The van der Waals surface area contributed by atoms with Crippen LogP contribution >= 0.6 is 0 Å². The molecular formula is C9H16N4O. The molecule has 14 heavy (non-hydrogen) atoms. The summed E-state index contributed by atoms with van der Waals surface area (Å²) in [6.07, 6.45) is 4.09. The van der Waals surface area contributed by atoms with E-state index in [1.165, 1.54) is 6.42 Å². The molecule has 0 aliphatic carbocycles. The summed E-state index contributed by atoms with van der Waals surface area (Å²) in [5, 5.41) is 9.80. The molecule has 2 heterocycles. The Morgan fingerprint density at radius 3 is 3.29 bits per heavy atom. The minimum atomic E-state index is 0.595. The van der Waals surface area contributed by atoms with Gasteiger partial charge in [0, 0.05) is 13.2 Å². The Kier molecular flexibility index (Phi) is 2.88. The molecule has 1 aliphatic heterocycles. The highest BCUT2D eigenvalue weighted by Crippen LogP contribution is 2.17. The fraction of sp³-hybridized carbons (Fsp3) is 0.667. The SMILES string of the molecule is Nc1[nH]ncc1NCC1CCCOC1. The highest BCUT2D eigenvalue weighted by atomic mass is 16.5. The summed E-state index contributed by atoms with van der Waals surface area (Å²) in [6, 6.07) is 0. The van der Waals surface area contributed by atoms with Gasteiger partial charge in [0.1, 0.15) is 5.82 Å². The Morgan fingerprint density at radius 1 is 1.71 bits per heavy atom. The highest BCUT2D eigenvalue weighted by molar-refractivity contribution is 5.59. The van der Waals surface area contributed by atoms with E-state index >= 15 is 0 Å². The Bertz CT molecular complexity index is 280. The summed E-state index contributed by atoms with van der Waals surface area (Å²) >= 11 is 0. The lowest BCUT2D eigenvalue weighted by atomic mass is 10.0. The maximum atomic E-state index is 5.64. The second-order valence-electron chi connectivity index (χ2n) is 3.66. The molecule has 1 saturated heterocycles. The van der Waals surface area contributed by atoms with Crippen molar-refractivity contribution >= 4 is 11.5 Å². The quantitative estimate of drug-likeness (QED) is 0.669. The maximum Gasteiger partial charge on any atom is 0.142 e. The van der Waals surface area contributed by atoms with Gasteiger partial charge in [-0.25, -0.2) is 0 Å². The van der Waals surface area contributed by atoms with Crippen molar-refractivity contribution in [2.75, 3.05) is 30.8 Å². The van der Waals surface area contributed by atoms with Crippen LogP contribution in [0.3, 0.4) is 0 Å². The fourth-order valence-electron chi connectivity index (χ4n) is 1.66. The number of nitrogens with one attached hydrogen (secondary N) is 2. The van der Waals surface area contributed by atoms with Gasteiger partial charge in [0.05, 0.1) is 18.5 Å². The molecule has 78 valence electrons. The van der Waals surface area contributed by atoms with Crippen molar-refractivity contribution in [1.29, 1.82) is 0 Å². The maximum absolute atomic E-state index is 5.64. The zero-order valence-corrected chi connectivity index (χ0v) is 8.12. The summed E-state index contributed by atoms with van der Waals surface area (Å²) in [6.45, 7) is 2.67. The van der Waals surface area contributed by atoms with Crippen molar-refractivity contribution in [1.82, 2.24) is 10.2 Å². The van der Waals surface area contributed by atoms with Crippen LogP contribution in [-0.4, -0.2) is 30.0 Å². The molecule has 0 spiro atoms. The molecule has 1 fully saturated rings. The van der Waals surface area contributed by atoms with Gasteiger partial charge in [0.15, 0.2) is 0 Å². The number of aromatic nitrogens is 2. The van der Waals surface area contributed by atoms with Crippen LogP contribution < -0.4 is 11.1 Å². The largest absolute Gasteiger partial charge is 0.382 e. The third kappa shape index (κ3) is 2.17. The van der Waals surface area contributed by atoms with Crippen molar-refractivity contribution in [2.45, 2.75) is 12.8 Å². The summed E-state index contributed by atoms with van der Waals surface area (Å²) in [5.74, 6) is 1.19. The van der Waals surface area contributed by atoms with Crippen molar-refractivity contribution in [3.8, 4) is 0 Å². The Labute approximate surface area is 83.0 Å². The number of nitrogen functional groups attached to an aromatic ring is 1. The van der Waals surface area contributed by atoms with Gasteiger partial charge in [-0.15, -0.1) is 0 Å². The van der Waals surface area contributed by atoms with Crippen molar-refractivity contribution in [3.05, 3.63) is 6.20 Å². The predicted octanol–water partition coefficient (Wildman–Crippen LogP) is 0.830. The van der Waals surface area contributed by atoms with Crippen LogP contribution in [0.25, 0.3) is 0 Å². The van der Waals surface area contributed by atoms with Gasteiger partial charge in [0.25, 0.3) is 0 Å². The van der Waals surface area contributed by atoms with Crippen LogP contribution in [-0.2, 0) is 4.74 Å². The molecule has 1 atom stereocenters. The number of nitrogens with two attached hydrogens (primary N) is 1. The molecule has 0 radical (unpaired) electrons. The van der Waals surface area contributed by atoms with Crippen LogP contribution in [0.15, 0.2) is 6.20 Å². The summed E-state index contributed by atoms with van der Waals surface area (Å²) in [7, 11) is 0. The minimum Gasteiger partial charge on any atom is -0.382 e. The first-order chi connectivity index (χ1) is 6.86. The zero-order valence-electron chi connectivity index (χ0n) is 8.12. The van der Waals surface area contributed by atoms with Gasteiger partial charge in [0.2, 0.25) is 0 Å². The first-order valence-electron chi connectivity index (χ1n) is 4.96. The molecule has 5 heteroatoms. The number of H-pyrrole nitrogens is 1. The van der Waals surface area contributed by atoms with Crippen molar-refractivity contribution in [3.63, 3.8) is 0 Å². The predicted molar refractivity (Wildman–Crippen MR) is 55.0 cm³/mol. The Hall–Kier alpha value is -1.23. The summed E-state index contributed by atoms with van der Waals surface area (Å²) in [4.78, 5) is 0. The standard InChI is InChI=1S/C9H16N4O/c10-9-8(5-12-13-9)11-4-7-2-1-3-14-6-7/h5,7,11H,1-4,6H2,(H3,10,12,13). The molecule has 1 aromatic heterocycles. The fourth-order valence-corrected chi connectivity index (χ4v) is 1.66. The van der Waals surface area contributed by atoms with Crippen LogP contribution in [0.1, 0.15) is 12.8 Å². The molecular weight excluding hydrogens is 180 g/mol. The van der Waals surface area contributed by atoms with E-state index in [0.717, 1.165) is 31.9 Å². The second kappa shape index (κ2) is 4.32. The minimum absolute atomic E-state index is 0.595. The number of rotatable bonds is 3. The van der Waals surface area contributed by atoms with E-state index < -0.39 is 0 Å². The van der Waals surface area contributed by atoms with Crippen LogP contribution in [0.4, 0.5) is 11.5 Å². The van der Waals surface area contributed by atoms with E-state index in [-0.39, 0.29) is 0 Å². The monoisotopic (exact) mass is 196 g/mol. The molecule has 0 bridgehead atoms. The molecule has 1 aromatic rings.